The number of anilines is 1. The van der Waals surface area contributed by atoms with Gasteiger partial charge in [-0.25, -0.2) is 4.98 Å². The van der Waals surface area contributed by atoms with Crippen molar-refractivity contribution in [1.82, 2.24) is 9.97 Å². The van der Waals surface area contributed by atoms with E-state index in [-0.39, 0.29) is 0 Å². The predicted molar refractivity (Wildman–Crippen MR) is 67.1 cm³/mol. The van der Waals surface area contributed by atoms with E-state index in [2.05, 4.69) is 16.0 Å². The maximum atomic E-state index is 8.99. The Morgan fingerprint density at radius 1 is 1.22 bits per heavy atom. The topological polar surface area (TPSA) is 84.8 Å². The van der Waals surface area contributed by atoms with Crippen molar-refractivity contribution in [3.8, 4) is 17.7 Å². The fraction of sp³-hybridized carbons (Fsp3) is 0.154. The SMILES string of the molecule is Cc1nc(N)c(C)c(Oc2ccccc2C#N)n1. The van der Waals surface area contributed by atoms with Crippen LogP contribution in [0.5, 0.6) is 11.6 Å². The molecule has 5 nitrogen and oxygen atoms in total. The van der Waals surface area contributed by atoms with Crippen molar-refractivity contribution in [2.75, 3.05) is 5.73 Å². The molecule has 0 atom stereocenters. The number of hydrogen-bond donors (Lipinski definition) is 1. The van der Waals surface area contributed by atoms with Gasteiger partial charge in [-0.05, 0) is 26.0 Å². The van der Waals surface area contributed by atoms with Crippen molar-refractivity contribution >= 4 is 5.82 Å². The van der Waals surface area contributed by atoms with Crippen LogP contribution < -0.4 is 10.5 Å². The number of nitrogen functional groups attached to an aromatic ring is 1. The third-order valence-corrected chi connectivity index (χ3v) is 2.46. The van der Waals surface area contributed by atoms with Crippen LogP contribution in [0, 0.1) is 25.2 Å². The van der Waals surface area contributed by atoms with Gasteiger partial charge in [0.2, 0.25) is 5.88 Å². The lowest BCUT2D eigenvalue weighted by Crippen LogP contribution is -2.02. The summed E-state index contributed by atoms with van der Waals surface area (Å²) >= 11 is 0. The first-order chi connectivity index (χ1) is 8.61. The molecule has 0 saturated carbocycles. The molecule has 1 heterocycles. The second kappa shape index (κ2) is 4.72. The normalized spacial score (nSPS) is 9.83. The number of aryl methyl sites for hydroxylation is 1. The number of nitrogens with two attached hydrogens (primary N) is 1. The molecule has 2 rings (SSSR count). The highest BCUT2D eigenvalue weighted by Crippen LogP contribution is 2.27. The Bertz CT molecular complexity index is 631. The molecule has 0 saturated heterocycles. The van der Waals surface area contributed by atoms with Crippen molar-refractivity contribution in [2.24, 2.45) is 0 Å². The molecule has 0 unspecified atom stereocenters. The van der Waals surface area contributed by atoms with Crippen LogP contribution in [0.3, 0.4) is 0 Å². The maximum Gasteiger partial charge on any atom is 0.227 e. The van der Waals surface area contributed by atoms with Gasteiger partial charge >= 0.3 is 0 Å². The Kier molecular flexibility index (Phi) is 3.11. The first-order valence-corrected chi connectivity index (χ1v) is 5.39. The molecule has 0 radical (unpaired) electrons. The minimum Gasteiger partial charge on any atom is -0.437 e. The van der Waals surface area contributed by atoms with Crippen LogP contribution in [0.15, 0.2) is 24.3 Å². The molecular weight excluding hydrogens is 228 g/mol. The summed E-state index contributed by atoms with van der Waals surface area (Å²) in [5.41, 5.74) is 6.86. The average molecular weight is 240 g/mol. The zero-order valence-electron chi connectivity index (χ0n) is 10.1. The van der Waals surface area contributed by atoms with Gasteiger partial charge in [0.15, 0.2) is 0 Å². The van der Waals surface area contributed by atoms with Crippen LogP contribution in [0.25, 0.3) is 0 Å². The van der Waals surface area contributed by atoms with E-state index >= 15 is 0 Å². The van der Waals surface area contributed by atoms with Gasteiger partial charge in [0.05, 0.1) is 11.1 Å². The first kappa shape index (κ1) is 11.9. The molecule has 0 bridgehead atoms. The average Bonchev–Trinajstić information content (AvgIpc) is 2.36. The Hall–Kier alpha value is -2.61. The van der Waals surface area contributed by atoms with E-state index in [4.69, 9.17) is 15.7 Å². The van der Waals surface area contributed by atoms with Crippen LogP contribution in [0.1, 0.15) is 17.0 Å². The molecule has 5 heteroatoms. The summed E-state index contributed by atoms with van der Waals surface area (Å²) in [6.07, 6.45) is 0. The van der Waals surface area contributed by atoms with Crippen LogP contribution in [0.2, 0.25) is 0 Å². The van der Waals surface area contributed by atoms with E-state index in [0.717, 1.165) is 0 Å². The number of hydrogen-bond acceptors (Lipinski definition) is 5. The zero-order valence-corrected chi connectivity index (χ0v) is 10.1. The summed E-state index contributed by atoms with van der Waals surface area (Å²) in [4.78, 5) is 8.22. The molecule has 2 N–H and O–H groups in total. The Morgan fingerprint density at radius 2 is 1.94 bits per heavy atom. The van der Waals surface area contributed by atoms with Gasteiger partial charge in [-0.1, -0.05) is 12.1 Å². The van der Waals surface area contributed by atoms with Gasteiger partial charge in [-0.3, -0.25) is 0 Å². The van der Waals surface area contributed by atoms with E-state index in [9.17, 15) is 0 Å². The lowest BCUT2D eigenvalue weighted by molar-refractivity contribution is 0.455. The smallest absolute Gasteiger partial charge is 0.227 e. The van der Waals surface area contributed by atoms with Crippen molar-refractivity contribution in [3.05, 3.63) is 41.2 Å². The van der Waals surface area contributed by atoms with Gasteiger partial charge in [0, 0.05) is 0 Å². The Balaban J connectivity index is 2.44. The number of nitrogens with zero attached hydrogens (tertiary/aromatic N) is 3. The molecule has 0 amide bonds. The molecule has 1 aromatic heterocycles. The molecule has 0 aliphatic rings. The number of nitriles is 1. The Labute approximate surface area is 105 Å². The van der Waals surface area contributed by atoms with Gasteiger partial charge < -0.3 is 10.5 Å². The van der Waals surface area contributed by atoms with E-state index in [1.165, 1.54) is 0 Å². The van der Waals surface area contributed by atoms with E-state index < -0.39 is 0 Å². The number of aromatic nitrogens is 2. The molecule has 0 fully saturated rings. The molecule has 0 aliphatic carbocycles. The highest BCUT2D eigenvalue weighted by atomic mass is 16.5. The minimum atomic E-state index is 0.378. The summed E-state index contributed by atoms with van der Waals surface area (Å²) in [7, 11) is 0. The number of rotatable bonds is 2. The lowest BCUT2D eigenvalue weighted by Gasteiger charge is -2.10. The van der Waals surface area contributed by atoms with Crippen molar-refractivity contribution in [2.45, 2.75) is 13.8 Å². The van der Waals surface area contributed by atoms with Gasteiger partial charge in [0.25, 0.3) is 0 Å². The van der Waals surface area contributed by atoms with Gasteiger partial charge in [-0.2, -0.15) is 10.2 Å². The van der Waals surface area contributed by atoms with Crippen LogP contribution in [-0.4, -0.2) is 9.97 Å². The summed E-state index contributed by atoms with van der Waals surface area (Å²) in [6, 6.07) is 9.03. The predicted octanol–water partition coefficient (Wildman–Crippen LogP) is 2.34. The van der Waals surface area contributed by atoms with Crippen molar-refractivity contribution < 1.29 is 4.74 Å². The van der Waals surface area contributed by atoms with Crippen LogP contribution in [-0.2, 0) is 0 Å². The first-order valence-electron chi connectivity index (χ1n) is 5.39. The highest BCUT2D eigenvalue weighted by molar-refractivity contribution is 5.49. The van der Waals surface area contributed by atoms with Crippen molar-refractivity contribution in [3.63, 3.8) is 0 Å². The molecule has 18 heavy (non-hydrogen) atoms. The van der Waals surface area contributed by atoms with Gasteiger partial charge in [0.1, 0.15) is 23.5 Å². The summed E-state index contributed by atoms with van der Waals surface area (Å²) < 4.78 is 5.64. The zero-order chi connectivity index (χ0) is 13.1. The minimum absolute atomic E-state index is 0.378. The molecule has 2 aromatic rings. The molecule has 90 valence electrons. The van der Waals surface area contributed by atoms with Gasteiger partial charge in [-0.15, -0.1) is 0 Å². The number of ether oxygens (including phenoxy) is 1. The molecule has 1 aromatic carbocycles. The van der Waals surface area contributed by atoms with E-state index in [1.54, 1.807) is 38.1 Å². The highest BCUT2D eigenvalue weighted by Gasteiger charge is 2.11. The third-order valence-electron chi connectivity index (χ3n) is 2.46. The summed E-state index contributed by atoms with van der Waals surface area (Å²) in [6.45, 7) is 3.51. The quantitative estimate of drug-likeness (QED) is 0.870. The van der Waals surface area contributed by atoms with Crippen molar-refractivity contribution in [1.29, 1.82) is 5.26 Å². The summed E-state index contributed by atoms with van der Waals surface area (Å²) in [5, 5.41) is 8.99. The fourth-order valence-corrected chi connectivity index (χ4v) is 1.48. The Morgan fingerprint density at radius 3 is 2.67 bits per heavy atom. The molecule has 0 spiro atoms. The maximum absolute atomic E-state index is 8.99. The lowest BCUT2D eigenvalue weighted by atomic mass is 10.2. The van der Waals surface area contributed by atoms with Crippen LogP contribution in [0.4, 0.5) is 5.82 Å². The largest absolute Gasteiger partial charge is 0.437 e. The fourth-order valence-electron chi connectivity index (χ4n) is 1.48. The molecular formula is C13H12N4O. The van der Waals surface area contributed by atoms with E-state index in [1.807, 2.05) is 0 Å². The second-order valence-electron chi connectivity index (χ2n) is 3.80. The monoisotopic (exact) mass is 240 g/mol. The number of benzene rings is 1. The third kappa shape index (κ3) is 2.23. The second-order valence-corrected chi connectivity index (χ2v) is 3.80. The van der Waals surface area contributed by atoms with Crippen LogP contribution >= 0.6 is 0 Å². The number of para-hydroxylation sites is 1. The van der Waals surface area contributed by atoms with E-state index in [0.29, 0.717) is 34.4 Å². The standard InChI is InChI=1S/C13H12N4O/c1-8-12(15)16-9(2)17-13(8)18-11-6-4-3-5-10(11)7-14/h3-6H,1-2H3,(H2,15,16,17). The summed E-state index contributed by atoms with van der Waals surface area (Å²) in [5.74, 6) is 1.75. The molecule has 0 aliphatic heterocycles.